The van der Waals surface area contributed by atoms with Gasteiger partial charge in [-0.3, -0.25) is 4.79 Å². The lowest BCUT2D eigenvalue weighted by molar-refractivity contribution is -0.109. The third kappa shape index (κ3) is 22.7. The van der Waals surface area contributed by atoms with Crippen molar-refractivity contribution in [3.05, 3.63) is 0 Å². The molecular weight excluding hydrogens is 150 g/mol. The Hall–Kier alpha value is -0.530. The second kappa shape index (κ2) is 16.8. The van der Waals surface area contributed by atoms with Crippen molar-refractivity contribution in [2.45, 2.75) is 52.9 Å². The van der Waals surface area contributed by atoms with Crippen LogP contribution in [0.1, 0.15) is 52.9 Å². The molecule has 1 amide bonds. The Labute approximate surface area is 76.7 Å². The molecule has 0 aliphatic carbocycles. The first kappa shape index (κ1) is 14.0. The molecule has 0 radical (unpaired) electrons. The van der Waals surface area contributed by atoms with Crippen molar-refractivity contribution >= 4 is 6.41 Å². The molecule has 2 heteroatoms. The number of hydrogen-bond acceptors (Lipinski definition) is 1. The van der Waals surface area contributed by atoms with Gasteiger partial charge in [0.15, 0.2) is 0 Å². The SMILES string of the molecule is CCCCC.CCCCNC=O. The Bertz CT molecular complexity index is 72.2. The molecule has 0 saturated heterocycles. The van der Waals surface area contributed by atoms with Gasteiger partial charge in [0.2, 0.25) is 6.41 Å². The van der Waals surface area contributed by atoms with Gasteiger partial charge in [-0.25, -0.2) is 0 Å². The van der Waals surface area contributed by atoms with Gasteiger partial charge in [0.25, 0.3) is 0 Å². The van der Waals surface area contributed by atoms with E-state index in [1.54, 1.807) is 0 Å². The van der Waals surface area contributed by atoms with Crippen LogP contribution >= 0.6 is 0 Å². The molecule has 74 valence electrons. The molecule has 0 aliphatic rings. The molecule has 1 N–H and O–H groups in total. The summed E-state index contributed by atoms with van der Waals surface area (Å²) in [6.07, 6.45) is 7.03. The van der Waals surface area contributed by atoms with Crippen LogP contribution in [0, 0.1) is 0 Å². The predicted octanol–water partition coefficient (Wildman–Crippen LogP) is 2.73. The zero-order valence-electron chi connectivity index (χ0n) is 8.73. The van der Waals surface area contributed by atoms with Gasteiger partial charge >= 0.3 is 0 Å². The fraction of sp³-hybridized carbons (Fsp3) is 0.900. The topological polar surface area (TPSA) is 29.1 Å². The summed E-state index contributed by atoms with van der Waals surface area (Å²) in [4.78, 5) is 9.57. The van der Waals surface area contributed by atoms with E-state index in [4.69, 9.17) is 0 Å². The summed E-state index contributed by atoms with van der Waals surface area (Å²) >= 11 is 0. The van der Waals surface area contributed by atoms with Crippen LogP contribution in [0.5, 0.6) is 0 Å². The highest BCUT2D eigenvalue weighted by molar-refractivity contribution is 5.45. The van der Waals surface area contributed by atoms with Crippen LogP contribution in [0.2, 0.25) is 0 Å². The largest absolute Gasteiger partial charge is 0.359 e. The first-order valence-electron chi connectivity index (χ1n) is 5.00. The minimum Gasteiger partial charge on any atom is -0.359 e. The van der Waals surface area contributed by atoms with Crippen LogP contribution in [0.4, 0.5) is 0 Å². The van der Waals surface area contributed by atoms with Gasteiger partial charge in [0.1, 0.15) is 0 Å². The molecule has 0 aromatic heterocycles. The van der Waals surface area contributed by atoms with Crippen LogP contribution < -0.4 is 5.32 Å². The molecule has 0 rings (SSSR count). The van der Waals surface area contributed by atoms with E-state index in [0.717, 1.165) is 25.8 Å². The van der Waals surface area contributed by atoms with Crippen LogP contribution in [-0.2, 0) is 4.79 Å². The predicted molar refractivity (Wildman–Crippen MR) is 54.2 cm³/mol. The molecule has 0 aromatic rings. The summed E-state index contributed by atoms with van der Waals surface area (Å²) in [5.41, 5.74) is 0. The van der Waals surface area contributed by atoms with E-state index < -0.39 is 0 Å². The van der Waals surface area contributed by atoms with Crippen molar-refractivity contribution in [1.29, 1.82) is 0 Å². The summed E-state index contributed by atoms with van der Waals surface area (Å²) in [7, 11) is 0. The Morgan fingerprint density at radius 2 is 1.50 bits per heavy atom. The summed E-state index contributed by atoms with van der Waals surface area (Å²) in [5.74, 6) is 0. The van der Waals surface area contributed by atoms with Gasteiger partial charge in [-0.1, -0.05) is 46.5 Å². The molecule has 0 atom stereocenters. The van der Waals surface area contributed by atoms with Crippen molar-refractivity contribution in [3.63, 3.8) is 0 Å². The maximum Gasteiger partial charge on any atom is 0.207 e. The molecule has 0 aliphatic heterocycles. The third-order valence-electron chi connectivity index (χ3n) is 1.47. The molecule has 0 bridgehead atoms. The Kier molecular flexibility index (Phi) is 19.7. The van der Waals surface area contributed by atoms with Crippen LogP contribution in [0.15, 0.2) is 0 Å². The van der Waals surface area contributed by atoms with E-state index >= 15 is 0 Å². The Morgan fingerprint density at radius 1 is 1.00 bits per heavy atom. The molecule has 0 aromatic carbocycles. The van der Waals surface area contributed by atoms with E-state index in [9.17, 15) is 4.79 Å². The molecule has 12 heavy (non-hydrogen) atoms. The summed E-state index contributed by atoms with van der Waals surface area (Å²) in [6, 6.07) is 0. The molecule has 0 heterocycles. The zero-order chi connectivity index (χ0) is 9.66. The standard InChI is InChI=1S/C5H11NO.C5H12/c1-2-3-4-6-5-7;1-3-5-4-2/h5H,2-4H2,1H3,(H,6,7);3-5H2,1-2H3. The van der Waals surface area contributed by atoms with E-state index in [0.29, 0.717) is 0 Å². The molecular formula is C10H23NO. The van der Waals surface area contributed by atoms with Gasteiger partial charge < -0.3 is 5.32 Å². The molecule has 2 nitrogen and oxygen atoms in total. The number of carbonyl (C=O) groups is 1. The van der Waals surface area contributed by atoms with Crippen LogP contribution in [0.3, 0.4) is 0 Å². The van der Waals surface area contributed by atoms with Crippen molar-refractivity contribution < 1.29 is 4.79 Å². The zero-order valence-corrected chi connectivity index (χ0v) is 8.73. The van der Waals surface area contributed by atoms with Gasteiger partial charge in [-0.05, 0) is 6.42 Å². The lowest BCUT2D eigenvalue weighted by Gasteiger charge is -1.90. The monoisotopic (exact) mass is 173 g/mol. The van der Waals surface area contributed by atoms with Crippen molar-refractivity contribution in [3.8, 4) is 0 Å². The van der Waals surface area contributed by atoms with E-state index in [1.165, 1.54) is 19.3 Å². The van der Waals surface area contributed by atoms with Crippen LogP contribution in [0.25, 0.3) is 0 Å². The van der Waals surface area contributed by atoms with Gasteiger partial charge in [0.05, 0.1) is 0 Å². The maximum atomic E-state index is 9.57. The summed E-state index contributed by atoms with van der Waals surface area (Å²) < 4.78 is 0. The smallest absolute Gasteiger partial charge is 0.207 e. The average Bonchev–Trinajstić information content (AvgIpc) is 2.08. The van der Waals surface area contributed by atoms with E-state index in [2.05, 4.69) is 26.1 Å². The highest BCUT2D eigenvalue weighted by atomic mass is 16.1. The Balaban J connectivity index is 0. The molecule has 0 spiro atoms. The normalized spacial score (nSPS) is 8.25. The van der Waals surface area contributed by atoms with E-state index in [1.807, 2.05) is 0 Å². The third-order valence-corrected chi connectivity index (χ3v) is 1.47. The van der Waals surface area contributed by atoms with Gasteiger partial charge in [0, 0.05) is 6.54 Å². The van der Waals surface area contributed by atoms with Gasteiger partial charge in [-0.15, -0.1) is 0 Å². The van der Waals surface area contributed by atoms with Crippen molar-refractivity contribution in [1.82, 2.24) is 5.32 Å². The lowest BCUT2D eigenvalue weighted by atomic mass is 10.3. The number of amides is 1. The molecule has 0 unspecified atom stereocenters. The highest BCUT2D eigenvalue weighted by Crippen LogP contribution is 1.88. The summed E-state index contributed by atoms with van der Waals surface area (Å²) in [5, 5.41) is 2.57. The number of carbonyl (C=O) groups excluding carboxylic acids is 1. The summed E-state index contributed by atoms with van der Waals surface area (Å²) in [6.45, 7) is 7.33. The number of unbranched alkanes of at least 4 members (excludes halogenated alkanes) is 3. The van der Waals surface area contributed by atoms with Gasteiger partial charge in [-0.2, -0.15) is 0 Å². The second-order valence-electron chi connectivity index (χ2n) is 2.78. The van der Waals surface area contributed by atoms with Crippen LogP contribution in [-0.4, -0.2) is 13.0 Å². The quantitative estimate of drug-likeness (QED) is 0.485. The second-order valence-corrected chi connectivity index (χ2v) is 2.78. The Morgan fingerprint density at radius 3 is 1.75 bits per heavy atom. The average molecular weight is 173 g/mol. The number of nitrogens with one attached hydrogen (secondary N) is 1. The number of rotatable bonds is 6. The first-order valence-corrected chi connectivity index (χ1v) is 5.00. The maximum absolute atomic E-state index is 9.57. The van der Waals surface area contributed by atoms with Crippen molar-refractivity contribution in [2.75, 3.05) is 6.54 Å². The first-order chi connectivity index (χ1) is 5.83. The lowest BCUT2D eigenvalue weighted by Crippen LogP contribution is -2.11. The number of hydrogen-bond donors (Lipinski definition) is 1. The fourth-order valence-electron chi connectivity index (χ4n) is 0.691. The van der Waals surface area contributed by atoms with Crippen molar-refractivity contribution in [2.24, 2.45) is 0 Å². The van der Waals surface area contributed by atoms with E-state index in [-0.39, 0.29) is 0 Å². The fourth-order valence-corrected chi connectivity index (χ4v) is 0.691. The minimum atomic E-state index is 0.732. The highest BCUT2D eigenvalue weighted by Gasteiger charge is 1.76. The molecule has 0 saturated carbocycles. The minimum absolute atomic E-state index is 0.732. The molecule has 0 fully saturated rings.